The van der Waals surface area contributed by atoms with Crippen LogP contribution >= 0.6 is 0 Å². The van der Waals surface area contributed by atoms with Crippen molar-refractivity contribution in [3.05, 3.63) is 97.1 Å². The molecule has 6 heteroatoms. The van der Waals surface area contributed by atoms with Gasteiger partial charge in [-0.05, 0) is 53.8 Å². The van der Waals surface area contributed by atoms with Gasteiger partial charge in [-0.3, -0.25) is 0 Å². The highest BCUT2D eigenvalue weighted by molar-refractivity contribution is 5.88. The maximum atomic E-state index is 11.9. The minimum atomic E-state index is -0.684. The Morgan fingerprint density at radius 1 is 0.735 bits per heavy atom. The fourth-order valence-corrected chi connectivity index (χ4v) is 3.33. The molecule has 0 heterocycles. The van der Waals surface area contributed by atoms with Crippen molar-refractivity contribution in [2.24, 2.45) is 0 Å². The molecule has 0 bridgehead atoms. The Kier molecular flexibility index (Phi) is 9.77. The fraction of sp³-hybridized carbons (Fsp3) is 0.179. The second kappa shape index (κ2) is 12.7. The van der Waals surface area contributed by atoms with E-state index in [1.54, 1.807) is 30.3 Å². The number of benzene rings is 2. The molecule has 0 saturated heterocycles. The fourth-order valence-electron chi connectivity index (χ4n) is 3.33. The third-order valence-electron chi connectivity index (χ3n) is 4.85. The summed E-state index contributed by atoms with van der Waals surface area (Å²) < 4.78 is 15.8. The second-order valence-corrected chi connectivity index (χ2v) is 7.14. The van der Waals surface area contributed by atoms with Crippen molar-refractivity contribution in [3.8, 4) is 17.2 Å². The molecule has 0 saturated carbocycles. The summed E-state index contributed by atoms with van der Waals surface area (Å²) in [4.78, 5) is 35.2. The predicted molar refractivity (Wildman–Crippen MR) is 132 cm³/mol. The van der Waals surface area contributed by atoms with Crippen LogP contribution in [0.25, 0.3) is 5.57 Å². The lowest BCUT2D eigenvalue weighted by molar-refractivity contribution is -0.131. The minimum Gasteiger partial charge on any atom is -0.423 e. The number of hydrogen-bond acceptors (Lipinski definition) is 6. The van der Waals surface area contributed by atoms with Gasteiger partial charge in [0, 0.05) is 18.2 Å². The molecule has 0 unspecified atom stereocenters. The Morgan fingerprint density at radius 3 is 1.79 bits per heavy atom. The standard InChI is InChI=1S/C28H28O6/c1-6-11-19(7-2)28(20-12-15-22(16-13-20)32-25(29)8-3)21-14-17-23(33-26(30)9-4)24(18-21)34-27(31)10-5/h8-10,12-18H,3-7,11H2,1-2H3/b28-19-. The molecule has 0 aliphatic heterocycles. The first-order valence-corrected chi connectivity index (χ1v) is 10.9. The highest BCUT2D eigenvalue weighted by Gasteiger charge is 2.17. The van der Waals surface area contributed by atoms with Crippen molar-refractivity contribution in [3.63, 3.8) is 0 Å². The molecule has 0 atom stereocenters. The molecule has 0 fully saturated rings. The van der Waals surface area contributed by atoms with Gasteiger partial charge in [0.2, 0.25) is 0 Å². The van der Waals surface area contributed by atoms with Crippen LogP contribution in [-0.4, -0.2) is 17.9 Å². The Hall–Kier alpha value is -4.19. The van der Waals surface area contributed by atoms with E-state index in [-0.39, 0.29) is 11.5 Å². The molecule has 0 amide bonds. The van der Waals surface area contributed by atoms with Gasteiger partial charge < -0.3 is 14.2 Å². The van der Waals surface area contributed by atoms with E-state index in [1.807, 2.05) is 12.1 Å². The Bertz CT molecular complexity index is 1120. The van der Waals surface area contributed by atoms with Crippen molar-refractivity contribution in [1.82, 2.24) is 0 Å². The smallest absolute Gasteiger partial charge is 0.335 e. The zero-order valence-electron chi connectivity index (χ0n) is 19.5. The number of rotatable bonds is 11. The average Bonchev–Trinajstić information content (AvgIpc) is 2.85. The molecular weight excluding hydrogens is 432 g/mol. The Labute approximate surface area is 199 Å². The third-order valence-corrected chi connectivity index (χ3v) is 4.85. The molecule has 0 aliphatic carbocycles. The van der Waals surface area contributed by atoms with Gasteiger partial charge >= 0.3 is 17.9 Å². The van der Waals surface area contributed by atoms with Crippen molar-refractivity contribution >= 4 is 23.5 Å². The number of carbonyl (C=O) groups is 3. The Balaban J connectivity index is 2.63. The first-order valence-electron chi connectivity index (χ1n) is 10.9. The van der Waals surface area contributed by atoms with E-state index in [4.69, 9.17) is 14.2 Å². The first kappa shape index (κ1) is 26.1. The van der Waals surface area contributed by atoms with Crippen LogP contribution in [0.5, 0.6) is 17.2 Å². The lowest BCUT2D eigenvalue weighted by Crippen LogP contribution is -2.09. The molecule has 2 rings (SSSR count). The average molecular weight is 461 g/mol. The number of hydrogen-bond donors (Lipinski definition) is 0. The molecular formula is C28H28O6. The van der Waals surface area contributed by atoms with Crippen LogP contribution in [-0.2, 0) is 14.4 Å². The van der Waals surface area contributed by atoms with E-state index < -0.39 is 17.9 Å². The van der Waals surface area contributed by atoms with E-state index in [0.717, 1.165) is 54.2 Å². The van der Waals surface area contributed by atoms with Crippen molar-refractivity contribution in [2.45, 2.75) is 33.1 Å². The predicted octanol–water partition coefficient (Wildman–Crippen LogP) is 5.97. The second-order valence-electron chi connectivity index (χ2n) is 7.14. The van der Waals surface area contributed by atoms with Crippen molar-refractivity contribution < 1.29 is 28.6 Å². The normalized spacial score (nSPS) is 11.0. The molecule has 2 aromatic rings. The molecule has 0 radical (unpaired) electrons. The first-order chi connectivity index (χ1) is 16.4. The summed E-state index contributed by atoms with van der Waals surface area (Å²) in [6.45, 7) is 14.4. The van der Waals surface area contributed by atoms with Gasteiger partial charge in [-0.15, -0.1) is 0 Å². The summed E-state index contributed by atoms with van der Waals surface area (Å²) in [5.74, 6) is -1.33. The SMILES string of the molecule is C=CC(=O)Oc1ccc(/C(=C(\CC)CCC)c2ccc(OC(=O)C=C)c(OC(=O)C=C)c2)cc1. The van der Waals surface area contributed by atoms with Crippen LogP contribution in [0.1, 0.15) is 44.2 Å². The third kappa shape index (κ3) is 6.90. The summed E-state index contributed by atoms with van der Waals surface area (Å²) in [6, 6.07) is 12.1. The molecule has 2 aromatic carbocycles. The highest BCUT2D eigenvalue weighted by Crippen LogP contribution is 2.37. The van der Waals surface area contributed by atoms with Crippen LogP contribution in [0, 0.1) is 0 Å². The number of ether oxygens (including phenoxy) is 3. The molecule has 0 spiro atoms. The zero-order chi connectivity index (χ0) is 25.1. The van der Waals surface area contributed by atoms with Gasteiger partial charge in [-0.2, -0.15) is 0 Å². The van der Waals surface area contributed by atoms with E-state index in [2.05, 4.69) is 33.6 Å². The van der Waals surface area contributed by atoms with Crippen LogP contribution in [0.4, 0.5) is 0 Å². The van der Waals surface area contributed by atoms with Gasteiger partial charge in [-0.25, -0.2) is 14.4 Å². The molecule has 0 aromatic heterocycles. The Morgan fingerprint density at radius 2 is 1.26 bits per heavy atom. The van der Waals surface area contributed by atoms with E-state index in [0.29, 0.717) is 5.75 Å². The highest BCUT2D eigenvalue weighted by atomic mass is 16.6. The van der Waals surface area contributed by atoms with Crippen LogP contribution in [0.2, 0.25) is 0 Å². The van der Waals surface area contributed by atoms with Crippen LogP contribution in [0.15, 0.2) is 86.0 Å². The molecule has 176 valence electrons. The van der Waals surface area contributed by atoms with E-state index in [1.165, 1.54) is 5.57 Å². The molecule has 6 nitrogen and oxygen atoms in total. The number of esters is 3. The molecule has 34 heavy (non-hydrogen) atoms. The lowest BCUT2D eigenvalue weighted by atomic mass is 9.89. The summed E-state index contributed by atoms with van der Waals surface area (Å²) in [5, 5.41) is 0. The summed E-state index contributed by atoms with van der Waals surface area (Å²) >= 11 is 0. The molecule has 0 N–H and O–H groups in total. The largest absolute Gasteiger partial charge is 0.423 e. The number of allylic oxidation sites excluding steroid dienone is 1. The van der Waals surface area contributed by atoms with Crippen LogP contribution < -0.4 is 14.2 Å². The monoisotopic (exact) mass is 460 g/mol. The van der Waals surface area contributed by atoms with Gasteiger partial charge in [0.1, 0.15) is 5.75 Å². The molecule has 0 aliphatic rings. The van der Waals surface area contributed by atoms with Gasteiger partial charge in [-0.1, -0.05) is 63.8 Å². The minimum absolute atomic E-state index is 0.0820. The number of carbonyl (C=O) groups excluding carboxylic acids is 3. The summed E-state index contributed by atoms with van der Waals surface area (Å²) in [7, 11) is 0. The maximum absolute atomic E-state index is 11.9. The summed E-state index contributed by atoms with van der Waals surface area (Å²) in [6.07, 6.45) is 5.74. The lowest BCUT2D eigenvalue weighted by Gasteiger charge is -2.18. The quantitative estimate of drug-likeness (QED) is 0.233. The van der Waals surface area contributed by atoms with Gasteiger partial charge in [0.25, 0.3) is 0 Å². The zero-order valence-corrected chi connectivity index (χ0v) is 19.5. The van der Waals surface area contributed by atoms with Crippen molar-refractivity contribution in [2.75, 3.05) is 0 Å². The van der Waals surface area contributed by atoms with Gasteiger partial charge in [0.15, 0.2) is 11.5 Å². The van der Waals surface area contributed by atoms with E-state index >= 15 is 0 Å². The van der Waals surface area contributed by atoms with E-state index in [9.17, 15) is 14.4 Å². The summed E-state index contributed by atoms with van der Waals surface area (Å²) in [5.41, 5.74) is 3.80. The van der Waals surface area contributed by atoms with Crippen molar-refractivity contribution in [1.29, 1.82) is 0 Å². The van der Waals surface area contributed by atoms with Gasteiger partial charge in [0.05, 0.1) is 0 Å². The maximum Gasteiger partial charge on any atom is 0.335 e. The topological polar surface area (TPSA) is 78.9 Å². The van der Waals surface area contributed by atoms with Crippen LogP contribution in [0.3, 0.4) is 0 Å².